The van der Waals surface area contributed by atoms with E-state index in [2.05, 4.69) is 5.32 Å². The summed E-state index contributed by atoms with van der Waals surface area (Å²) in [5.41, 5.74) is 0. The SMILES string of the molecule is O=C(CCl)NC1CCN(C(=O)C2CCCCC2)C1. The normalized spacial score (nSPS) is 25.2. The Morgan fingerprint density at radius 3 is 2.56 bits per heavy atom. The second-order valence-corrected chi connectivity index (χ2v) is 5.57. The number of carbonyl (C=O) groups is 2. The Labute approximate surface area is 113 Å². The standard InChI is InChI=1S/C13H21ClN2O2/c14-8-12(17)15-11-6-7-16(9-11)13(18)10-4-2-1-3-5-10/h10-11H,1-9H2,(H,15,17). The van der Waals surface area contributed by atoms with E-state index in [4.69, 9.17) is 11.6 Å². The van der Waals surface area contributed by atoms with Gasteiger partial charge in [0.05, 0.1) is 0 Å². The number of hydrogen-bond donors (Lipinski definition) is 1. The third kappa shape index (κ3) is 3.37. The fourth-order valence-corrected chi connectivity index (χ4v) is 3.03. The number of alkyl halides is 1. The van der Waals surface area contributed by atoms with Gasteiger partial charge in [0, 0.05) is 25.0 Å². The first-order chi connectivity index (χ1) is 8.70. The summed E-state index contributed by atoms with van der Waals surface area (Å²) in [7, 11) is 0. The molecular formula is C13H21ClN2O2. The quantitative estimate of drug-likeness (QED) is 0.792. The zero-order valence-electron chi connectivity index (χ0n) is 10.7. The van der Waals surface area contributed by atoms with Crippen LogP contribution in [0.2, 0.25) is 0 Å². The van der Waals surface area contributed by atoms with Gasteiger partial charge in [-0.1, -0.05) is 19.3 Å². The number of carbonyl (C=O) groups excluding carboxylic acids is 2. The highest BCUT2D eigenvalue weighted by Gasteiger charge is 2.31. The molecule has 1 aliphatic heterocycles. The van der Waals surface area contributed by atoms with Crippen molar-refractivity contribution in [2.75, 3.05) is 19.0 Å². The molecule has 1 heterocycles. The van der Waals surface area contributed by atoms with Crippen molar-refractivity contribution in [1.82, 2.24) is 10.2 Å². The molecule has 0 bridgehead atoms. The molecule has 18 heavy (non-hydrogen) atoms. The van der Waals surface area contributed by atoms with Gasteiger partial charge in [0.1, 0.15) is 5.88 Å². The van der Waals surface area contributed by atoms with Crippen LogP contribution in [0.5, 0.6) is 0 Å². The van der Waals surface area contributed by atoms with Crippen LogP contribution in [0.1, 0.15) is 38.5 Å². The summed E-state index contributed by atoms with van der Waals surface area (Å²) in [4.78, 5) is 25.4. The van der Waals surface area contributed by atoms with Crippen LogP contribution >= 0.6 is 11.6 Å². The number of likely N-dealkylation sites (tertiary alicyclic amines) is 1. The molecule has 1 aliphatic carbocycles. The molecule has 102 valence electrons. The van der Waals surface area contributed by atoms with Crippen molar-refractivity contribution in [2.45, 2.75) is 44.6 Å². The van der Waals surface area contributed by atoms with Gasteiger partial charge in [-0.2, -0.15) is 0 Å². The number of nitrogens with one attached hydrogen (secondary N) is 1. The van der Waals surface area contributed by atoms with Crippen molar-refractivity contribution in [2.24, 2.45) is 5.92 Å². The summed E-state index contributed by atoms with van der Waals surface area (Å²) in [6, 6.07) is 0.0868. The van der Waals surface area contributed by atoms with Gasteiger partial charge in [-0.05, 0) is 19.3 Å². The molecule has 2 amide bonds. The Kier molecular flexibility index (Phi) is 4.87. The number of amides is 2. The van der Waals surface area contributed by atoms with Gasteiger partial charge < -0.3 is 10.2 Å². The van der Waals surface area contributed by atoms with E-state index in [1.54, 1.807) is 0 Å². The fraction of sp³-hybridized carbons (Fsp3) is 0.846. The van der Waals surface area contributed by atoms with E-state index in [0.29, 0.717) is 6.54 Å². The molecule has 4 nitrogen and oxygen atoms in total. The minimum Gasteiger partial charge on any atom is -0.350 e. The fourth-order valence-electron chi connectivity index (χ4n) is 2.95. The molecule has 1 saturated carbocycles. The van der Waals surface area contributed by atoms with E-state index < -0.39 is 0 Å². The summed E-state index contributed by atoms with van der Waals surface area (Å²) >= 11 is 5.46. The molecule has 1 N–H and O–H groups in total. The molecule has 1 saturated heterocycles. The average Bonchev–Trinajstić information content (AvgIpc) is 2.87. The maximum atomic E-state index is 12.3. The highest BCUT2D eigenvalue weighted by molar-refractivity contribution is 6.27. The third-order valence-corrected chi connectivity index (χ3v) is 4.18. The summed E-state index contributed by atoms with van der Waals surface area (Å²) < 4.78 is 0. The van der Waals surface area contributed by atoms with Crippen molar-refractivity contribution in [1.29, 1.82) is 0 Å². The van der Waals surface area contributed by atoms with Gasteiger partial charge in [0.2, 0.25) is 11.8 Å². The Balaban J connectivity index is 1.80. The van der Waals surface area contributed by atoms with Crippen LogP contribution in [-0.4, -0.2) is 41.7 Å². The summed E-state index contributed by atoms with van der Waals surface area (Å²) in [5.74, 6) is 0.361. The first kappa shape index (κ1) is 13.7. The molecule has 1 unspecified atom stereocenters. The van der Waals surface area contributed by atoms with Crippen LogP contribution in [-0.2, 0) is 9.59 Å². The predicted molar refractivity (Wildman–Crippen MR) is 70.4 cm³/mol. The minimum absolute atomic E-state index is 0.00687. The van der Waals surface area contributed by atoms with Gasteiger partial charge in [-0.25, -0.2) is 0 Å². The first-order valence-corrected chi connectivity index (χ1v) is 7.38. The number of halogens is 1. The zero-order valence-corrected chi connectivity index (χ0v) is 11.4. The molecule has 2 fully saturated rings. The van der Waals surface area contributed by atoms with E-state index in [9.17, 15) is 9.59 Å². The smallest absolute Gasteiger partial charge is 0.235 e. The molecule has 2 rings (SSSR count). The third-order valence-electron chi connectivity index (χ3n) is 3.94. The van der Waals surface area contributed by atoms with E-state index in [0.717, 1.165) is 25.8 Å². The van der Waals surface area contributed by atoms with E-state index in [-0.39, 0.29) is 29.7 Å². The van der Waals surface area contributed by atoms with Crippen LogP contribution in [0.25, 0.3) is 0 Å². The van der Waals surface area contributed by atoms with Crippen molar-refractivity contribution in [3.05, 3.63) is 0 Å². The molecule has 0 aromatic heterocycles. The number of hydrogen-bond acceptors (Lipinski definition) is 2. The van der Waals surface area contributed by atoms with Crippen LogP contribution in [0.15, 0.2) is 0 Å². The van der Waals surface area contributed by atoms with Crippen LogP contribution < -0.4 is 5.32 Å². The molecule has 0 aromatic carbocycles. The number of rotatable bonds is 3. The second kappa shape index (κ2) is 6.41. The molecule has 2 aliphatic rings. The average molecular weight is 273 g/mol. The van der Waals surface area contributed by atoms with Crippen molar-refractivity contribution < 1.29 is 9.59 Å². The van der Waals surface area contributed by atoms with Crippen LogP contribution in [0.3, 0.4) is 0 Å². The van der Waals surface area contributed by atoms with Gasteiger partial charge >= 0.3 is 0 Å². The topological polar surface area (TPSA) is 49.4 Å². The zero-order chi connectivity index (χ0) is 13.0. The lowest BCUT2D eigenvalue weighted by molar-refractivity contribution is -0.135. The summed E-state index contributed by atoms with van der Waals surface area (Å²) in [6.45, 7) is 1.42. The predicted octanol–water partition coefficient (Wildman–Crippen LogP) is 1.52. The van der Waals surface area contributed by atoms with E-state index in [1.165, 1.54) is 19.3 Å². The summed E-state index contributed by atoms with van der Waals surface area (Å²) in [5, 5.41) is 2.85. The molecule has 1 atom stereocenters. The Morgan fingerprint density at radius 1 is 1.17 bits per heavy atom. The van der Waals surface area contributed by atoms with Crippen molar-refractivity contribution >= 4 is 23.4 Å². The maximum absolute atomic E-state index is 12.3. The van der Waals surface area contributed by atoms with E-state index >= 15 is 0 Å². The minimum atomic E-state index is -0.145. The first-order valence-electron chi connectivity index (χ1n) is 6.85. The number of nitrogens with zero attached hydrogens (tertiary/aromatic N) is 1. The Hall–Kier alpha value is -0.770. The highest BCUT2D eigenvalue weighted by Crippen LogP contribution is 2.26. The Bertz CT molecular complexity index is 316. The van der Waals surface area contributed by atoms with Gasteiger partial charge in [0.15, 0.2) is 0 Å². The second-order valence-electron chi connectivity index (χ2n) is 5.31. The largest absolute Gasteiger partial charge is 0.350 e. The molecule has 0 radical (unpaired) electrons. The molecular weight excluding hydrogens is 252 g/mol. The lowest BCUT2D eigenvalue weighted by Crippen LogP contribution is -2.40. The van der Waals surface area contributed by atoms with Crippen LogP contribution in [0.4, 0.5) is 0 Å². The summed E-state index contributed by atoms with van der Waals surface area (Å²) in [6.07, 6.45) is 6.54. The van der Waals surface area contributed by atoms with Crippen molar-refractivity contribution in [3.8, 4) is 0 Å². The maximum Gasteiger partial charge on any atom is 0.235 e. The Morgan fingerprint density at radius 2 is 1.89 bits per heavy atom. The lowest BCUT2D eigenvalue weighted by Gasteiger charge is -2.26. The highest BCUT2D eigenvalue weighted by atomic mass is 35.5. The van der Waals surface area contributed by atoms with Gasteiger partial charge in [0.25, 0.3) is 0 Å². The van der Waals surface area contributed by atoms with Crippen molar-refractivity contribution in [3.63, 3.8) is 0 Å². The lowest BCUT2D eigenvalue weighted by atomic mass is 9.88. The van der Waals surface area contributed by atoms with Crippen LogP contribution in [0, 0.1) is 5.92 Å². The van der Waals surface area contributed by atoms with E-state index in [1.807, 2.05) is 4.90 Å². The van der Waals surface area contributed by atoms with Gasteiger partial charge in [-0.15, -0.1) is 11.6 Å². The monoisotopic (exact) mass is 272 g/mol. The molecule has 0 spiro atoms. The molecule has 0 aromatic rings. The molecule has 5 heteroatoms. The van der Waals surface area contributed by atoms with Gasteiger partial charge in [-0.3, -0.25) is 9.59 Å².